The third-order valence-electron chi connectivity index (χ3n) is 4.36. The van der Waals surface area contributed by atoms with Crippen molar-refractivity contribution in [1.82, 2.24) is 5.43 Å². The summed E-state index contributed by atoms with van der Waals surface area (Å²) >= 11 is 1.59. The molecule has 0 saturated carbocycles. The molecule has 1 N–H and O–H groups in total. The monoisotopic (exact) mass is 371 g/mol. The Morgan fingerprint density at radius 3 is 2.77 bits per heavy atom. The number of piperidine rings is 1. The third-order valence-corrected chi connectivity index (χ3v) is 5.57. The van der Waals surface area contributed by atoms with Crippen molar-refractivity contribution in [3.05, 3.63) is 53.8 Å². The van der Waals surface area contributed by atoms with Gasteiger partial charge in [-0.15, -0.1) is 11.8 Å². The van der Waals surface area contributed by atoms with Gasteiger partial charge in [0.05, 0.1) is 11.5 Å². The van der Waals surface area contributed by atoms with Gasteiger partial charge < -0.3 is 9.32 Å². The summed E-state index contributed by atoms with van der Waals surface area (Å²) < 4.78 is 5.79. The first-order chi connectivity index (χ1) is 12.7. The van der Waals surface area contributed by atoms with Gasteiger partial charge in [0.1, 0.15) is 5.76 Å². The molecule has 0 unspecified atom stereocenters. The lowest BCUT2D eigenvalue weighted by molar-refractivity contribution is -0.120. The van der Waals surface area contributed by atoms with Crippen molar-refractivity contribution in [1.29, 1.82) is 0 Å². The molecule has 6 heteroatoms. The molecular formula is C20H25N3O2S. The Balaban J connectivity index is 1.44. The quantitative estimate of drug-likeness (QED) is 0.589. The summed E-state index contributed by atoms with van der Waals surface area (Å²) in [4.78, 5) is 14.4. The van der Waals surface area contributed by atoms with Crippen LogP contribution in [0.1, 0.15) is 37.5 Å². The summed E-state index contributed by atoms with van der Waals surface area (Å²) in [6, 6.07) is 14.0. The number of nitrogens with one attached hydrogen (secondary N) is 1. The van der Waals surface area contributed by atoms with Crippen LogP contribution in [0, 0.1) is 0 Å². The second-order valence-electron chi connectivity index (χ2n) is 6.40. The number of rotatable bonds is 7. The molecule has 5 nitrogen and oxygen atoms in total. The van der Waals surface area contributed by atoms with Gasteiger partial charge in [0.25, 0.3) is 5.91 Å². The summed E-state index contributed by atoms with van der Waals surface area (Å²) in [6.45, 7) is 3.97. The van der Waals surface area contributed by atoms with Gasteiger partial charge in [-0.25, -0.2) is 5.43 Å². The van der Waals surface area contributed by atoms with Gasteiger partial charge >= 0.3 is 0 Å². The van der Waals surface area contributed by atoms with Crippen molar-refractivity contribution < 1.29 is 9.21 Å². The van der Waals surface area contributed by atoms with Crippen LogP contribution in [0.5, 0.6) is 0 Å². The van der Waals surface area contributed by atoms with Gasteiger partial charge in [-0.2, -0.15) is 5.10 Å². The number of carbonyl (C=O) groups is 1. The number of amides is 1. The van der Waals surface area contributed by atoms with Crippen LogP contribution >= 0.6 is 11.8 Å². The van der Waals surface area contributed by atoms with E-state index in [1.54, 1.807) is 18.0 Å². The number of furan rings is 1. The molecule has 2 aromatic rings. The van der Waals surface area contributed by atoms with Gasteiger partial charge in [0.2, 0.25) is 0 Å². The van der Waals surface area contributed by atoms with E-state index in [4.69, 9.17) is 4.42 Å². The van der Waals surface area contributed by atoms with E-state index < -0.39 is 0 Å². The number of hydrazone groups is 1. The molecule has 1 amide bonds. The molecule has 138 valence electrons. The zero-order valence-electron chi connectivity index (χ0n) is 15.1. The summed E-state index contributed by atoms with van der Waals surface area (Å²) in [6.07, 6.45) is 5.26. The topological polar surface area (TPSA) is 57.8 Å². The average Bonchev–Trinajstić information content (AvgIpc) is 3.16. The molecule has 0 bridgehead atoms. The largest absolute Gasteiger partial charge is 0.440 e. The van der Waals surface area contributed by atoms with Crippen LogP contribution < -0.4 is 10.3 Å². The molecule has 1 aliphatic heterocycles. The molecule has 3 rings (SSSR count). The van der Waals surface area contributed by atoms with Crippen LogP contribution in [0.2, 0.25) is 0 Å². The molecule has 26 heavy (non-hydrogen) atoms. The minimum atomic E-state index is -0.173. The molecule has 0 aliphatic carbocycles. The minimum absolute atomic E-state index is 0.106. The van der Waals surface area contributed by atoms with Crippen LogP contribution in [0.3, 0.4) is 0 Å². The van der Waals surface area contributed by atoms with E-state index in [-0.39, 0.29) is 11.2 Å². The molecule has 1 fully saturated rings. The van der Waals surface area contributed by atoms with Gasteiger partial charge in [-0.05, 0) is 37.8 Å². The van der Waals surface area contributed by atoms with E-state index in [0.29, 0.717) is 5.76 Å². The maximum atomic E-state index is 12.1. The first-order valence-corrected chi connectivity index (χ1v) is 10.1. The fourth-order valence-electron chi connectivity index (χ4n) is 2.82. The summed E-state index contributed by atoms with van der Waals surface area (Å²) in [5, 5.41) is 3.85. The van der Waals surface area contributed by atoms with Gasteiger partial charge in [-0.3, -0.25) is 4.79 Å². The highest BCUT2D eigenvalue weighted by atomic mass is 32.2. The minimum Gasteiger partial charge on any atom is -0.440 e. The second kappa shape index (κ2) is 9.48. The van der Waals surface area contributed by atoms with Crippen LogP contribution in [-0.2, 0) is 10.5 Å². The van der Waals surface area contributed by atoms with Crippen LogP contribution in [0.25, 0.3) is 0 Å². The number of hydrogen-bond acceptors (Lipinski definition) is 5. The first kappa shape index (κ1) is 18.6. The molecule has 2 heterocycles. The smallest absolute Gasteiger partial charge is 0.252 e. The Morgan fingerprint density at radius 2 is 2.00 bits per heavy atom. The standard InChI is InChI=1S/C20H25N3O2S/c1-16(26-15-17-8-4-2-5-9-17)20(24)22-21-14-18-10-11-19(25-18)23-12-6-3-7-13-23/h2,4-5,8-11,14,16H,3,6-7,12-13,15H2,1H3,(H,22,24)/b21-14-/t16-/m0/s1. The van der Waals surface area contributed by atoms with Crippen molar-refractivity contribution in [3.63, 3.8) is 0 Å². The normalized spacial score (nSPS) is 16.0. The third kappa shape index (κ3) is 5.39. The highest BCUT2D eigenvalue weighted by Gasteiger charge is 2.14. The Kier molecular flexibility index (Phi) is 6.77. The fourth-order valence-corrected chi connectivity index (χ4v) is 3.66. The Labute approximate surface area is 158 Å². The Morgan fingerprint density at radius 1 is 1.23 bits per heavy atom. The number of benzene rings is 1. The molecule has 1 atom stereocenters. The number of nitrogens with zero attached hydrogens (tertiary/aromatic N) is 2. The number of hydrogen-bond donors (Lipinski definition) is 1. The van der Waals surface area contributed by atoms with Crippen molar-refractivity contribution in [3.8, 4) is 0 Å². The van der Waals surface area contributed by atoms with Crippen molar-refractivity contribution in [2.45, 2.75) is 37.2 Å². The predicted molar refractivity (Wildman–Crippen MR) is 108 cm³/mol. The van der Waals surface area contributed by atoms with E-state index in [9.17, 15) is 4.79 Å². The van der Waals surface area contributed by atoms with Gasteiger partial charge in [0, 0.05) is 24.9 Å². The zero-order valence-corrected chi connectivity index (χ0v) is 15.9. The molecule has 1 aromatic carbocycles. The summed E-state index contributed by atoms with van der Waals surface area (Å²) in [7, 11) is 0. The Bertz CT molecular complexity index is 724. The molecule has 1 saturated heterocycles. The highest BCUT2D eigenvalue weighted by Crippen LogP contribution is 2.22. The van der Waals surface area contributed by atoms with E-state index in [2.05, 4.69) is 27.6 Å². The SMILES string of the molecule is C[C@H](SCc1ccccc1)C(=O)N/N=C\c1ccc(N2CCCCC2)o1. The molecule has 0 radical (unpaired) electrons. The molecule has 1 aromatic heterocycles. The summed E-state index contributed by atoms with van der Waals surface area (Å²) in [5.74, 6) is 2.22. The van der Waals surface area contributed by atoms with E-state index in [1.807, 2.05) is 37.3 Å². The van der Waals surface area contributed by atoms with E-state index in [0.717, 1.165) is 24.7 Å². The molecular weight excluding hydrogens is 346 g/mol. The molecule has 0 spiro atoms. The maximum absolute atomic E-state index is 12.1. The average molecular weight is 372 g/mol. The summed E-state index contributed by atoms with van der Waals surface area (Å²) in [5.41, 5.74) is 3.80. The fraction of sp³-hybridized carbons (Fsp3) is 0.400. The lowest BCUT2D eigenvalue weighted by Gasteiger charge is -2.25. The number of anilines is 1. The Hall–Kier alpha value is -2.21. The van der Waals surface area contributed by atoms with Gasteiger partial charge in [0.15, 0.2) is 5.88 Å². The predicted octanol–water partition coefficient (Wildman–Crippen LogP) is 4.04. The van der Waals surface area contributed by atoms with Crippen LogP contribution in [0.15, 0.2) is 52.0 Å². The lowest BCUT2D eigenvalue weighted by atomic mass is 10.1. The number of thioether (sulfide) groups is 1. The van der Waals surface area contributed by atoms with Crippen molar-refractivity contribution in [2.24, 2.45) is 5.10 Å². The van der Waals surface area contributed by atoms with Crippen molar-refractivity contribution >= 4 is 29.8 Å². The number of carbonyl (C=O) groups excluding carboxylic acids is 1. The first-order valence-electron chi connectivity index (χ1n) is 9.05. The van der Waals surface area contributed by atoms with Crippen LogP contribution in [0.4, 0.5) is 5.88 Å². The maximum Gasteiger partial charge on any atom is 0.252 e. The van der Waals surface area contributed by atoms with E-state index >= 15 is 0 Å². The zero-order chi connectivity index (χ0) is 18.2. The van der Waals surface area contributed by atoms with Gasteiger partial charge in [-0.1, -0.05) is 30.3 Å². The molecule has 1 aliphatic rings. The second-order valence-corrected chi connectivity index (χ2v) is 7.73. The van der Waals surface area contributed by atoms with Crippen molar-refractivity contribution in [2.75, 3.05) is 18.0 Å². The van der Waals surface area contributed by atoms with Crippen LogP contribution in [-0.4, -0.2) is 30.5 Å². The highest BCUT2D eigenvalue weighted by molar-refractivity contribution is 7.99. The van der Waals surface area contributed by atoms with E-state index in [1.165, 1.54) is 24.8 Å². The lowest BCUT2D eigenvalue weighted by Crippen LogP contribution is -2.28.